The third-order valence-electron chi connectivity index (χ3n) is 5.35. The molecule has 0 atom stereocenters. The Kier molecular flexibility index (Phi) is 5.03. The number of nitrogens with zero attached hydrogens (tertiary/aromatic N) is 2. The monoisotopic (exact) mass is 366 g/mol. The van der Waals surface area contributed by atoms with Crippen molar-refractivity contribution in [1.82, 2.24) is 0 Å². The molecule has 0 fully saturated rings. The van der Waals surface area contributed by atoms with Crippen LogP contribution in [0.5, 0.6) is 0 Å². The summed E-state index contributed by atoms with van der Waals surface area (Å²) in [5.41, 5.74) is 8.89. The fraction of sp³-hybridized carbons (Fsp3) is 0.154. The first-order valence-electron chi connectivity index (χ1n) is 9.85. The molecule has 0 aliphatic heterocycles. The first-order valence-corrected chi connectivity index (χ1v) is 9.85. The second-order valence-corrected chi connectivity index (χ2v) is 7.21. The summed E-state index contributed by atoms with van der Waals surface area (Å²) in [4.78, 5) is 0. The first-order chi connectivity index (χ1) is 13.7. The molecule has 2 aromatic carbocycles. The van der Waals surface area contributed by atoms with Crippen molar-refractivity contribution in [2.45, 2.75) is 27.2 Å². The number of hydrogen-bond acceptors (Lipinski definition) is 0. The highest BCUT2D eigenvalue weighted by molar-refractivity contribution is 5.65. The lowest BCUT2D eigenvalue weighted by atomic mass is 10.0. The van der Waals surface area contributed by atoms with Gasteiger partial charge in [0, 0.05) is 47.0 Å². The molecule has 0 aliphatic rings. The fourth-order valence-electron chi connectivity index (χ4n) is 3.73. The van der Waals surface area contributed by atoms with Crippen LogP contribution < -0.4 is 9.13 Å². The van der Waals surface area contributed by atoms with Gasteiger partial charge in [-0.3, -0.25) is 0 Å². The molecule has 0 saturated heterocycles. The van der Waals surface area contributed by atoms with Crippen LogP contribution in [-0.2, 0) is 6.42 Å². The standard InChI is InChI=1S/C26H26N2/c1-4-22-19-28(26-12-8-6-10-21(26)3)18-15-24(22)23-13-16-27(17-14-23)25-11-7-5-9-20(25)2/h5-19H,4H2,1-3H3/q+2. The van der Waals surface area contributed by atoms with Gasteiger partial charge in [-0.2, -0.15) is 9.13 Å². The van der Waals surface area contributed by atoms with Gasteiger partial charge in [0.15, 0.2) is 24.8 Å². The lowest BCUT2D eigenvalue weighted by Gasteiger charge is -2.08. The van der Waals surface area contributed by atoms with E-state index in [-0.39, 0.29) is 0 Å². The highest BCUT2D eigenvalue weighted by Gasteiger charge is 2.15. The molecule has 0 bridgehead atoms. The third-order valence-corrected chi connectivity index (χ3v) is 5.35. The lowest BCUT2D eigenvalue weighted by molar-refractivity contribution is -0.596. The molecule has 0 saturated carbocycles. The van der Waals surface area contributed by atoms with E-state index in [1.54, 1.807) is 0 Å². The zero-order chi connectivity index (χ0) is 19.5. The van der Waals surface area contributed by atoms with Gasteiger partial charge < -0.3 is 0 Å². The molecular weight excluding hydrogens is 340 g/mol. The van der Waals surface area contributed by atoms with Crippen LogP contribution in [-0.4, -0.2) is 0 Å². The van der Waals surface area contributed by atoms with Crippen LogP contribution in [0.2, 0.25) is 0 Å². The Morgan fingerprint density at radius 3 is 1.75 bits per heavy atom. The molecule has 4 rings (SSSR count). The number of aromatic nitrogens is 2. The molecule has 0 aliphatic carbocycles. The number of pyridine rings is 2. The minimum absolute atomic E-state index is 0.995. The molecule has 2 heterocycles. The van der Waals surface area contributed by atoms with E-state index in [1.165, 1.54) is 39.2 Å². The predicted octanol–water partition coefficient (Wildman–Crippen LogP) is 5.09. The summed E-state index contributed by atoms with van der Waals surface area (Å²) >= 11 is 0. The average Bonchev–Trinajstić information content (AvgIpc) is 2.74. The van der Waals surface area contributed by atoms with Gasteiger partial charge in [-0.15, -0.1) is 0 Å². The summed E-state index contributed by atoms with van der Waals surface area (Å²) in [5.74, 6) is 0. The maximum absolute atomic E-state index is 2.26. The Morgan fingerprint density at radius 1 is 0.643 bits per heavy atom. The maximum atomic E-state index is 2.26. The molecule has 138 valence electrons. The zero-order valence-corrected chi connectivity index (χ0v) is 16.8. The van der Waals surface area contributed by atoms with Crippen molar-refractivity contribution in [3.63, 3.8) is 0 Å². The van der Waals surface area contributed by atoms with Crippen molar-refractivity contribution < 1.29 is 9.13 Å². The molecule has 2 heteroatoms. The second kappa shape index (κ2) is 7.77. The van der Waals surface area contributed by atoms with Gasteiger partial charge in [0.05, 0.1) is 0 Å². The largest absolute Gasteiger partial charge is 0.213 e. The maximum Gasteiger partial charge on any atom is 0.213 e. The quantitative estimate of drug-likeness (QED) is 0.445. The molecule has 0 radical (unpaired) electrons. The number of rotatable bonds is 4. The van der Waals surface area contributed by atoms with Crippen LogP contribution in [0.4, 0.5) is 0 Å². The summed E-state index contributed by atoms with van der Waals surface area (Å²) < 4.78 is 4.41. The van der Waals surface area contributed by atoms with Crippen LogP contribution in [0.1, 0.15) is 23.6 Å². The molecule has 4 aromatic rings. The lowest BCUT2D eigenvalue weighted by Crippen LogP contribution is -2.31. The summed E-state index contributed by atoms with van der Waals surface area (Å²) in [6.45, 7) is 6.52. The van der Waals surface area contributed by atoms with E-state index in [9.17, 15) is 0 Å². The predicted molar refractivity (Wildman–Crippen MR) is 114 cm³/mol. The van der Waals surface area contributed by atoms with Gasteiger partial charge in [0.2, 0.25) is 11.4 Å². The van der Waals surface area contributed by atoms with Crippen LogP contribution in [0.3, 0.4) is 0 Å². The number of hydrogen-bond donors (Lipinski definition) is 0. The second-order valence-electron chi connectivity index (χ2n) is 7.21. The molecular formula is C26H26N2+2. The third kappa shape index (κ3) is 3.46. The van der Waals surface area contributed by atoms with Gasteiger partial charge in [-0.1, -0.05) is 43.3 Å². The van der Waals surface area contributed by atoms with Crippen LogP contribution in [0, 0.1) is 13.8 Å². The number of benzene rings is 2. The summed E-state index contributed by atoms with van der Waals surface area (Å²) in [7, 11) is 0. The van der Waals surface area contributed by atoms with E-state index in [1.807, 2.05) is 0 Å². The molecule has 0 unspecified atom stereocenters. The molecule has 2 nitrogen and oxygen atoms in total. The average molecular weight is 367 g/mol. The van der Waals surface area contributed by atoms with Gasteiger partial charge in [-0.05, 0) is 31.4 Å². The molecule has 2 aromatic heterocycles. The van der Waals surface area contributed by atoms with Crippen LogP contribution in [0.15, 0.2) is 91.5 Å². The van der Waals surface area contributed by atoms with Gasteiger partial charge in [-0.25, -0.2) is 0 Å². The Hall–Kier alpha value is -3.26. The van der Waals surface area contributed by atoms with E-state index in [0.29, 0.717) is 0 Å². The SMILES string of the molecule is CCc1c[n+](-c2ccccc2C)ccc1-c1cc[n+](-c2ccccc2C)cc1. The zero-order valence-electron chi connectivity index (χ0n) is 16.8. The van der Waals surface area contributed by atoms with E-state index in [0.717, 1.165) is 6.42 Å². The smallest absolute Gasteiger partial charge is 0.167 e. The minimum Gasteiger partial charge on any atom is -0.167 e. The molecule has 28 heavy (non-hydrogen) atoms. The molecule has 0 N–H and O–H groups in total. The molecule has 0 amide bonds. The van der Waals surface area contributed by atoms with E-state index >= 15 is 0 Å². The van der Waals surface area contributed by atoms with Crippen LogP contribution in [0.25, 0.3) is 22.5 Å². The van der Waals surface area contributed by atoms with Gasteiger partial charge in [0.25, 0.3) is 0 Å². The summed E-state index contributed by atoms with van der Waals surface area (Å²) in [5, 5.41) is 0. The summed E-state index contributed by atoms with van der Waals surface area (Å²) in [6, 6.07) is 23.6. The highest BCUT2D eigenvalue weighted by Crippen LogP contribution is 2.23. The van der Waals surface area contributed by atoms with Crippen LogP contribution >= 0.6 is 0 Å². The normalized spacial score (nSPS) is 10.8. The number of aryl methyl sites for hydroxylation is 3. The minimum atomic E-state index is 0.995. The first kappa shape index (κ1) is 18.1. The van der Waals surface area contributed by atoms with Crippen molar-refractivity contribution in [3.8, 4) is 22.5 Å². The molecule has 0 spiro atoms. The topological polar surface area (TPSA) is 7.76 Å². The summed E-state index contributed by atoms with van der Waals surface area (Å²) in [6.07, 6.45) is 9.73. The Labute approximate surface area is 167 Å². The van der Waals surface area contributed by atoms with Gasteiger partial charge in [0.1, 0.15) is 0 Å². The van der Waals surface area contributed by atoms with E-state index in [4.69, 9.17) is 0 Å². The van der Waals surface area contributed by atoms with Crippen molar-refractivity contribution in [1.29, 1.82) is 0 Å². The number of para-hydroxylation sites is 2. The van der Waals surface area contributed by atoms with E-state index in [2.05, 4.69) is 121 Å². The highest BCUT2D eigenvalue weighted by atomic mass is 14.9. The van der Waals surface area contributed by atoms with Crippen molar-refractivity contribution in [3.05, 3.63) is 108 Å². The van der Waals surface area contributed by atoms with E-state index < -0.39 is 0 Å². The fourth-order valence-corrected chi connectivity index (χ4v) is 3.73. The van der Waals surface area contributed by atoms with Crippen molar-refractivity contribution in [2.24, 2.45) is 0 Å². The Morgan fingerprint density at radius 2 is 1.18 bits per heavy atom. The Balaban J connectivity index is 1.71. The Bertz CT molecular complexity index is 1110. The van der Waals surface area contributed by atoms with Crippen molar-refractivity contribution >= 4 is 0 Å². The van der Waals surface area contributed by atoms with Crippen molar-refractivity contribution in [2.75, 3.05) is 0 Å². The van der Waals surface area contributed by atoms with Gasteiger partial charge >= 0.3 is 0 Å².